The number of morpholine rings is 1. The SMILES string of the molecule is CCNC(=NCC(C)(O)CN1CCOCC1)NCCOc1cccc(F)c1. The number of benzene rings is 1. The molecule has 1 aromatic carbocycles. The lowest BCUT2D eigenvalue weighted by Crippen LogP contribution is -2.48. The summed E-state index contributed by atoms with van der Waals surface area (Å²) >= 11 is 0. The van der Waals surface area contributed by atoms with E-state index in [1.807, 2.05) is 6.92 Å². The Kier molecular flexibility index (Phi) is 8.77. The quantitative estimate of drug-likeness (QED) is 0.334. The normalized spacial score (nSPS) is 18.0. The van der Waals surface area contributed by atoms with Gasteiger partial charge in [0.1, 0.15) is 18.2 Å². The first-order chi connectivity index (χ1) is 13.0. The maximum Gasteiger partial charge on any atom is 0.191 e. The predicted molar refractivity (Wildman–Crippen MR) is 104 cm³/mol. The minimum absolute atomic E-state index is 0.282. The van der Waals surface area contributed by atoms with E-state index in [9.17, 15) is 9.50 Å². The molecule has 27 heavy (non-hydrogen) atoms. The van der Waals surface area contributed by atoms with E-state index < -0.39 is 5.60 Å². The van der Waals surface area contributed by atoms with E-state index in [1.54, 1.807) is 19.1 Å². The van der Waals surface area contributed by atoms with Gasteiger partial charge in [-0.3, -0.25) is 9.89 Å². The maximum atomic E-state index is 13.1. The highest BCUT2D eigenvalue weighted by Crippen LogP contribution is 2.11. The van der Waals surface area contributed by atoms with E-state index in [0.717, 1.165) is 13.1 Å². The maximum absolute atomic E-state index is 13.1. The van der Waals surface area contributed by atoms with Crippen LogP contribution in [0, 0.1) is 5.82 Å². The number of aliphatic hydroxyl groups is 1. The number of hydrogen-bond donors (Lipinski definition) is 3. The van der Waals surface area contributed by atoms with Crippen LogP contribution in [0.15, 0.2) is 29.3 Å². The molecule has 1 aromatic rings. The lowest BCUT2D eigenvalue weighted by Gasteiger charge is -2.33. The number of halogens is 1. The monoisotopic (exact) mass is 382 g/mol. The van der Waals surface area contributed by atoms with Gasteiger partial charge < -0.3 is 25.2 Å². The molecule has 0 bridgehead atoms. The number of nitrogens with zero attached hydrogens (tertiary/aromatic N) is 2. The van der Waals surface area contributed by atoms with E-state index in [-0.39, 0.29) is 12.4 Å². The molecule has 8 heteroatoms. The van der Waals surface area contributed by atoms with Gasteiger partial charge in [-0.1, -0.05) is 6.07 Å². The molecule has 0 amide bonds. The van der Waals surface area contributed by atoms with Crippen molar-refractivity contribution in [3.63, 3.8) is 0 Å². The molecule has 1 heterocycles. The van der Waals surface area contributed by atoms with Crippen LogP contribution in [0.2, 0.25) is 0 Å². The van der Waals surface area contributed by atoms with Gasteiger partial charge in [-0.05, 0) is 26.0 Å². The summed E-state index contributed by atoms with van der Waals surface area (Å²) in [7, 11) is 0. The molecule has 0 saturated carbocycles. The number of guanidine groups is 1. The molecule has 0 aromatic heterocycles. The molecule has 1 unspecified atom stereocenters. The summed E-state index contributed by atoms with van der Waals surface area (Å²) in [5.41, 5.74) is -0.919. The molecule has 1 aliphatic heterocycles. The van der Waals surface area contributed by atoms with Gasteiger partial charge in [0.15, 0.2) is 5.96 Å². The number of β-amino-alcohol motifs (C(OH)–C–C–N with tert-alkyl or cyclic N) is 1. The Labute approximate surface area is 160 Å². The van der Waals surface area contributed by atoms with Crippen LogP contribution in [0.25, 0.3) is 0 Å². The molecule has 0 spiro atoms. The van der Waals surface area contributed by atoms with Crippen LogP contribution >= 0.6 is 0 Å². The topological polar surface area (TPSA) is 78.4 Å². The highest BCUT2D eigenvalue weighted by molar-refractivity contribution is 5.79. The molecule has 1 saturated heterocycles. The largest absolute Gasteiger partial charge is 0.492 e. The summed E-state index contributed by atoms with van der Waals surface area (Å²) in [5.74, 6) is 0.785. The Hall–Kier alpha value is -1.90. The van der Waals surface area contributed by atoms with Gasteiger partial charge in [-0.2, -0.15) is 0 Å². The number of aliphatic imine (C=N–C) groups is 1. The molecule has 1 aliphatic rings. The summed E-state index contributed by atoms with van der Waals surface area (Å²) in [6.45, 7) is 9.27. The van der Waals surface area contributed by atoms with Gasteiger partial charge in [0, 0.05) is 32.2 Å². The molecule has 2 rings (SSSR count). The predicted octanol–water partition coefficient (Wildman–Crippen LogP) is 0.843. The third-order valence-electron chi connectivity index (χ3n) is 4.05. The molecular weight excluding hydrogens is 351 g/mol. The van der Waals surface area contributed by atoms with Crippen LogP contribution in [-0.2, 0) is 4.74 Å². The summed E-state index contributed by atoms with van der Waals surface area (Å²) in [5, 5.41) is 16.9. The fraction of sp³-hybridized carbons (Fsp3) is 0.632. The van der Waals surface area contributed by atoms with Gasteiger partial charge in [0.05, 0.1) is 31.9 Å². The highest BCUT2D eigenvalue weighted by atomic mass is 19.1. The van der Waals surface area contributed by atoms with Gasteiger partial charge in [-0.15, -0.1) is 0 Å². The standard InChI is InChI=1S/C19H31FN4O3/c1-3-21-18(22-7-10-27-17-6-4-5-16(20)13-17)23-14-19(2,25)15-24-8-11-26-12-9-24/h4-6,13,25H,3,7-12,14-15H2,1-2H3,(H2,21,22,23). The van der Waals surface area contributed by atoms with Gasteiger partial charge >= 0.3 is 0 Å². The Bertz CT molecular complexity index is 592. The van der Waals surface area contributed by atoms with Gasteiger partial charge in [-0.25, -0.2) is 4.39 Å². The molecule has 3 N–H and O–H groups in total. The minimum atomic E-state index is -0.919. The Morgan fingerprint density at radius 1 is 1.37 bits per heavy atom. The lowest BCUT2D eigenvalue weighted by atomic mass is 10.1. The fourth-order valence-corrected chi connectivity index (χ4v) is 2.78. The smallest absolute Gasteiger partial charge is 0.191 e. The Morgan fingerprint density at radius 3 is 2.85 bits per heavy atom. The molecular formula is C19H31FN4O3. The first-order valence-electron chi connectivity index (χ1n) is 9.41. The van der Waals surface area contributed by atoms with Crippen LogP contribution in [0.4, 0.5) is 4.39 Å². The van der Waals surface area contributed by atoms with Crippen LogP contribution in [0.1, 0.15) is 13.8 Å². The van der Waals surface area contributed by atoms with Crippen LogP contribution < -0.4 is 15.4 Å². The first-order valence-corrected chi connectivity index (χ1v) is 9.41. The van der Waals surface area contributed by atoms with E-state index >= 15 is 0 Å². The summed E-state index contributed by atoms with van der Waals surface area (Å²) in [4.78, 5) is 6.67. The molecule has 152 valence electrons. The van der Waals surface area contributed by atoms with Crippen molar-refractivity contribution in [2.45, 2.75) is 19.4 Å². The third-order valence-corrected chi connectivity index (χ3v) is 4.05. The summed E-state index contributed by atoms with van der Waals surface area (Å²) < 4.78 is 24.0. The average molecular weight is 382 g/mol. The van der Waals surface area contributed by atoms with Gasteiger partial charge in [0.25, 0.3) is 0 Å². The zero-order chi connectivity index (χ0) is 19.5. The Morgan fingerprint density at radius 2 is 2.15 bits per heavy atom. The van der Waals surface area contributed by atoms with E-state index in [1.165, 1.54) is 12.1 Å². The average Bonchev–Trinajstić information content (AvgIpc) is 2.64. The van der Waals surface area contributed by atoms with E-state index in [4.69, 9.17) is 9.47 Å². The molecule has 7 nitrogen and oxygen atoms in total. The van der Waals surface area contributed by atoms with Crippen LogP contribution in [0.5, 0.6) is 5.75 Å². The van der Waals surface area contributed by atoms with E-state index in [0.29, 0.717) is 51.2 Å². The van der Waals surface area contributed by atoms with Crippen LogP contribution in [-0.4, -0.2) is 80.7 Å². The molecule has 0 aliphatic carbocycles. The van der Waals surface area contributed by atoms with Gasteiger partial charge in [0.2, 0.25) is 0 Å². The van der Waals surface area contributed by atoms with E-state index in [2.05, 4.69) is 20.5 Å². The van der Waals surface area contributed by atoms with Crippen molar-refractivity contribution in [3.05, 3.63) is 30.1 Å². The second-order valence-corrected chi connectivity index (χ2v) is 6.81. The molecule has 1 fully saturated rings. The van der Waals surface area contributed by atoms with Crippen molar-refractivity contribution < 1.29 is 19.0 Å². The van der Waals surface area contributed by atoms with Crippen molar-refractivity contribution >= 4 is 5.96 Å². The number of rotatable bonds is 9. The minimum Gasteiger partial charge on any atom is -0.492 e. The number of hydrogen-bond acceptors (Lipinski definition) is 5. The van der Waals surface area contributed by atoms with Crippen molar-refractivity contribution in [2.75, 3.05) is 59.1 Å². The van der Waals surface area contributed by atoms with Crippen LogP contribution in [0.3, 0.4) is 0 Å². The summed E-state index contributed by atoms with van der Waals surface area (Å²) in [6.07, 6.45) is 0. The molecule has 1 atom stereocenters. The number of nitrogens with one attached hydrogen (secondary N) is 2. The third kappa shape index (κ3) is 8.55. The highest BCUT2D eigenvalue weighted by Gasteiger charge is 2.25. The lowest BCUT2D eigenvalue weighted by molar-refractivity contribution is -0.0179. The summed E-state index contributed by atoms with van der Waals surface area (Å²) in [6, 6.07) is 6.05. The Balaban J connectivity index is 1.76. The van der Waals surface area contributed by atoms with Crippen molar-refractivity contribution in [1.29, 1.82) is 0 Å². The van der Waals surface area contributed by atoms with Crippen molar-refractivity contribution in [1.82, 2.24) is 15.5 Å². The fourth-order valence-electron chi connectivity index (χ4n) is 2.78. The second-order valence-electron chi connectivity index (χ2n) is 6.81. The zero-order valence-corrected chi connectivity index (χ0v) is 16.2. The molecule has 0 radical (unpaired) electrons. The van der Waals surface area contributed by atoms with Crippen molar-refractivity contribution in [2.24, 2.45) is 4.99 Å². The van der Waals surface area contributed by atoms with Crippen molar-refractivity contribution in [3.8, 4) is 5.75 Å². The zero-order valence-electron chi connectivity index (χ0n) is 16.2. The second kappa shape index (κ2) is 11.1. The number of ether oxygens (including phenoxy) is 2. The first kappa shape index (κ1) is 21.4.